The summed E-state index contributed by atoms with van der Waals surface area (Å²) in [6, 6.07) is 7.66. The molecule has 186 valence electrons. The maximum atomic E-state index is 13.2. The molecule has 2 aliphatic heterocycles. The topological polar surface area (TPSA) is 118 Å². The summed E-state index contributed by atoms with van der Waals surface area (Å²) in [5, 5.41) is 18.0. The average Bonchev–Trinajstić information content (AvgIpc) is 3.63. The van der Waals surface area contributed by atoms with Gasteiger partial charge < -0.3 is 24.5 Å². The number of nitrogens with one attached hydrogen (secondary N) is 1. The van der Waals surface area contributed by atoms with Gasteiger partial charge in [0.15, 0.2) is 5.69 Å². The van der Waals surface area contributed by atoms with E-state index in [0.29, 0.717) is 37.0 Å². The first kappa shape index (κ1) is 22.7. The van der Waals surface area contributed by atoms with E-state index >= 15 is 0 Å². The Kier molecular flexibility index (Phi) is 5.90. The summed E-state index contributed by atoms with van der Waals surface area (Å²) in [5.41, 5.74) is 5.15. The van der Waals surface area contributed by atoms with Crippen molar-refractivity contribution in [3.05, 3.63) is 60.0 Å². The molecule has 0 radical (unpaired) electrons. The van der Waals surface area contributed by atoms with Gasteiger partial charge in [-0.25, -0.2) is 9.50 Å². The Bertz CT molecular complexity index is 1410. The van der Waals surface area contributed by atoms with Gasteiger partial charge in [-0.1, -0.05) is 0 Å². The Hall–Kier alpha value is -3.76. The molecule has 0 aliphatic carbocycles. The molecule has 4 aromatic rings. The van der Waals surface area contributed by atoms with E-state index in [1.165, 1.54) is 6.26 Å². The van der Waals surface area contributed by atoms with Gasteiger partial charge in [-0.3, -0.25) is 9.78 Å². The number of hydrogen-bond acceptors (Lipinski definition) is 8. The molecular weight excluding hydrogens is 460 g/mol. The number of β-amino-alcohol motifs (C(OH)–C–C–N with tert-alkyl or cyclic N) is 1. The van der Waals surface area contributed by atoms with Crippen molar-refractivity contribution in [2.75, 3.05) is 36.5 Å². The third-order valence-electron chi connectivity index (χ3n) is 6.87. The average molecular weight is 489 g/mol. The molecule has 2 fully saturated rings. The second kappa shape index (κ2) is 9.36. The lowest BCUT2D eigenvalue weighted by atomic mass is 9.97. The second-order valence-corrected chi connectivity index (χ2v) is 9.46. The predicted octanol–water partition coefficient (Wildman–Crippen LogP) is 3.41. The van der Waals surface area contributed by atoms with Crippen LogP contribution in [0, 0.1) is 6.92 Å². The number of oxazole rings is 1. The van der Waals surface area contributed by atoms with Gasteiger partial charge in [0.05, 0.1) is 34.9 Å². The normalized spacial score (nSPS) is 18.7. The number of aliphatic hydroxyl groups is 1. The van der Waals surface area contributed by atoms with Gasteiger partial charge in [-0.2, -0.15) is 5.10 Å². The van der Waals surface area contributed by atoms with Crippen molar-refractivity contribution >= 4 is 22.8 Å². The van der Waals surface area contributed by atoms with Crippen molar-refractivity contribution in [3.8, 4) is 11.5 Å². The molecule has 2 aliphatic rings. The lowest BCUT2D eigenvalue weighted by Gasteiger charge is -2.22. The Morgan fingerprint density at radius 2 is 2.06 bits per heavy atom. The van der Waals surface area contributed by atoms with Gasteiger partial charge in [0.25, 0.3) is 5.91 Å². The molecule has 1 unspecified atom stereocenters. The number of anilines is 2. The van der Waals surface area contributed by atoms with Crippen molar-refractivity contribution in [2.45, 2.75) is 38.2 Å². The molecule has 4 aromatic heterocycles. The molecule has 2 saturated heterocycles. The van der Waals surface area contributed by atoms with E-state index in [2.05, 4.69) is 26.3 Å². The maximum absolute atomic E-state index is 13.2. The van der Waals surface area contributed by atoms with Crippen LogP contribution in [0.1, 0.15) is 47.1 Å². The summed E-state index contributed by atoms with van der Waals surface area (Å²) in [6.07, 6.45) is 7.15. The number of fused-ring (bicyclic) bond motifs is 1. The van der Waals surface area contributed by atoms with Crippen LogP contribution in [0.2, 0.25) is 0 Å². The number of aliphatic hydroxyl groups excluding tert-OH is 1. The number of nitrogens with zero attached hydrogens (tertiary/aromatic N) is 5. The van der Waals surface area contributed by atoms with Crippen LogP contribution in [0.4, 0.5) is 11.4 Å². The number of aryl methyl sites for hydroxylation is 1. The first-order chi connectivity index (χ1) is 17.5. The van der Waals surface area contributed by atoms with Gasteiger partial charge in [0.1, 0.15) is 6.26 Å². The Morgan fingerprint density at radius 3 is 2.83 bits per heavy atom. The molecule has 2 N–H and O–H groups in total. The largest absolute Gasteiger partial charge is 0.444 e. The number of aromatic nitrogens is 4. The van der Waals surface area contributed by atoms with E-state index in [1.807, 2.05) is 29.8 Å². The monoisotopic (exact) mass is 488 g/mol. The van der Waals surface area contributed by atoms with Gasteiger partial charge in [0.2, 0.25) is 5.89 Å². The summed E-state index contributed by atoms with van der Waals surface area (Å²) in [6.45, 7) is 4.57. The van der Waals surface area contributed by atoms with Gasteiger partial charge in [-0.15, -0.1) is 0 Å². The molecule has 0 spiro atoms. The van der Waals surface area contributed by atoms with Crippen LogP contribution in [0.25, 0.3) is 17.0 Å². The first-order valence-electron chi connectivity index (χ1n) is 12.3. The summed E-state index contributed by atoms with van der Waals surface area (Å²) >= 11 is 0. The van der Waals surface area contributed by atoms with Crippen LogP contribution in [-0.2, 0) is 4.74 Å². The van der Waals surface area contributed by atoms with E-state index in [1.54, 1.807) is 12.3 Å². The molecule has 6 rings (SSSR count). The van der Waals surface area contributed by atoms with Crippen molar-refractivity contribution < 1.29 is 19.1 Å². The highest BCUT2D eigenvalue weighted by atomic mass is 16.5. The summed E-state index contributed by atoms with van der Waals surface area (Å²) < 4.78 is 12.9. The minimum Gasteiger partial charge on any atom is -0.444 e. The Labute approximate surface area is 207 Å². The van der Waals surface area contributed by atoms with Crippen LogP contribution < -0.4 is 10.2 Å². The zero-order valence-corrected chi connectivity index (χ0v) is 20.1. The highest BCUT2D eigenvalue weighted by Crippen LogP contribution is 2.33. The van der Waals surface area contributed by atoms with Crippen LogP contribution in [0.3, 0.4) is 0 Å². The highest BCUT2D eigenvalue weighted by Gasteiger charge is 2.26. The molecule has 6 heterocycles. The molecule has 36 heavy (non-hydrogen) atoms. The number of ether oxygens (including phenoxy) is 1. The molecule has 1 atom stereocenters. The van der Waals surface area contributed by atoms with Crippen LogP contribution in [0.5, 0.6) is 0 Å². The summed E-state index contributed by atoms with van der Waals surface area (Å²) in [7, 11) is 0. The zero-order chi connectivity index (χ0) is 24.6. The predicted molar refractivity (Wildman–Crippen MR) is 133 cm³/mol. The van der Waals surface area contributed by atoms with Crippen molar-refractivity contribution in [1.29, 1.82) is 0 Å². The first-order valence-corrected chi connectivity index (χ1v) is 12.3. The fourth-order valence-electron chi connectivity index (χ4n) is 4.93. The van der Waals surface area contributed by atoms with E-state index in [9.17, 15) is 9.90 Å². The Morgan fingerprint density at radius 1 is 1.19 bits per heavy atom. The van der Waals surface area contributed by atoms with E-state index < -0.39 is 6.10 Å². The van der Waals surface area contributed by atoms with Crippen LogP contribution >= 0.6 is 0 Å². The molecule has 10 nitrogen and oxygen atoms in total. The van der Waals surface area contributed by atoms with E-state index in [4.69, 9.17) is 14.3 Å². The third kappa shape index (κ3) is 4.45. The van der Waals surface area contributed by atoms with Crippen LogP contribution in [-0.4, -0.2) is 63.0 Å². The standard InChI is InChI=1S/C26H28N6O4/c1-16-10-18(2-6-27-16)26-29-23(15-36-26)25(34)28-22-12-19-11-21(17-4-8-35-9-5-17)30-32(19)14-24(22)31-7-3-20(33)13-31/h2,6,10-12,14-15,17,20,33H,3-5,7-9,13H2,1H3,(H,28,34). The summed E-state index contributed by atoms with van der Waals surface area (Å²) in [4.78, 5) is 23.9. The van der Waals surface area contributed by atoms with Crippen molar-refractivity contribution in [2.24, 2.45) is 0 Å². The Balaban J connectivity index is 1.31. The molecule has 10 heteroatoms. The van der Waals surface area contributed by atoms with Crippen molar-refractivity contribution in [3.63, 3.8) is 0 Å². The van der Waals surface area contributed by atoms with E-state index in [0.717, 1.165) is 54.2 Å². The lowest BCUT2D eigenvalue weighted by Crippen LogP contribution is -2.24. The number of amides is 1. The lowest BCUT2D eigenvalue weighted by molar-refractivity contribution is 0.0844. The fraction of sp³-hybridized carbons (Fsp3) is 0.385. The smallest absolute Gasteiger partial charge is 0.277 e. The number of hydrogen-bond donors (Lipinski definition) is 2. The number of carbonyl (C=O) groups excluding carboxylic acids is 1. The SMILES string of the molecule is Cc1cc(-c2nc(C(=O)Nc3cc4cc(C5CCOCC5)nn4cc3N3CCC(O)C3)co2)ccn1. The maximum Gasteiger partial charge on any atom is 0.277 e. The number of rotatable bonds is 5. The fourth-order valence-corrected chi connectivity index (χ4v) is 4.93. The second-order valence-electron chi connectivity index (χ2n) is 9.46. The zero-order valence-electron chi connectivity index (χ0n) is 20.1. The van der Waals surface area contributed by atoms with E-state index in [-0.39, 0.29) is 11.6 Å². The van der Waals surface area contributed by atoms with Gasteiger partial charge in [-0.05, 0) is 50.5 Å². The number of carbonyl (C=O) groups is 1. The number of pyridine rings is 2. The molecular formula is C26H28N6O4. The third-order valence-corrected chi connectivity index (χ3v) is 6.87. The van der Waals surface area contributed by atoms with Crippen molar-refractivity contribution in [1.82, 2.24) is 19.6 Å². The minimum absolute atomic E-state index is 0.183. The van der Waals surface area contributed by atoms with Gasteiger partial charge >= 0.3 is 0 Å². The molecule has 0 saturated carbocycles. The van der Waals surface area contributed by atoms with Crippen LogP contribution in [0.15, 0.2) is 47.3 Å². The molecule has 1 amide bonds. The molecule has 0 aromatic carbocycles. The quantitative estimate of drug-likeness (QED) is 0.439. The molecule has 0 bridgehead atoms. The summed E-state index contributed by atoms with van der Waals surface area (Å²) in [5.74, 6) is 0.352. The van der Waals surface area contributed by atoms with Gasteiger partial charge in [0, 0.05) is 49.7 Å². The highest BCUT2D eigenvalue weighted by molar-refractivity contribution is 6.05. The minimum atomic E-state index is -0.401.